The van der Waals surface area contributed by atoms with Crippen LogP contribution in [0.5, 0.6) is 0 Å². The molecule has 0 aromatic heterocycles. The lowest BCUT2D eigenvalue weighted by atomic mass is 10.00. The summed E-state index contributed by atoms with van der Waals surface area (Å²) in [6, 6.07) is 10.2. The van der Waals surface area contributed by atoms with E-state index >= 15 is 0 Å². The van der Waals surface area contributed by atoms with Crippen LogP contribution in [0, 0.1) is 0 Å². The highest BCUT2D eigenvalue weighted by molar-refractivity contribution is 5.94. The normalized spacial score (nSPS) is 19.4. The van der Waals surface area contributed by atoms with Gasteiger partial charge in [-0.2, -0.15) is 0 Å². The molecule has 1 amide bonds. The number of carbonyl (C=O) groups is 1. The van der Waals surface area contributed by atoms with E-state index in [9.17, 15) is 4.79 Å². The molecule has 1 aromatic carbocycles. The molecule has 0 spiro atoms. The highest BCUT2D eigenvalue weighted by atomic mass is 16.1. The van der Waals surface area contributed by atoms with Crippen molar-refractivity contribution >= 4 is 5.91 Å². The topological polar surface area (TPSA) is 32.3 Å². The molecule has 1 N–H and O–H groups in total. The van der Waals surface area contributed by atoms with E-state index in [-0.39, 0.29) is 5.91 Å². The van der Waals surface area contributed by atoms with Crippen LogP contribution in [0.1, 0.15) is 55.8 Å². The Hall–Kier alpha value is -1.35. The zero-order chi connectivity index (χ0) is 14.9. The molecule has 1 heterocycles. The maximum atomic E-state index is 11.9. The van der Waals surface area contributed by atoms with Gasteiger partial charge in [-0.1, -0.05) is 31.5 Å². The van der Waals surface area contributed by atoms with Crippen LogP contribution < -0.4 is 5.32 Å². The van der Waals surface area contributed by atoms with E-state index in [1.807, 2.05) is 30.3 Å². The summed E-state index contributed by atoms with van der Waals surface area (Å²) < 4.78 is 0. The van der Waals surface area contributed by atoms with Crippen molar-refractivity contribution in [3.63, 3.8) is 0 Å². The Kier molecular flexibility index (Phi) is 6.74. The quantitative estimate of drug-likeness (QED) is 0.779. The molecule has 21 heavy (non-hydrogen) atoms. The minimum absolute atomic E-state index is 0.0417. The van der Waals surface area contributed by atoms with E-state index in [0.29, 0.717) is 0 Å². The average molecular weight is 288 g/mol. The number of carbonyl (C=O) groups excluding carboxylic acids is 1. The molecule has 0 bridgehead atoms. The predicted octanol–water partition coefficient (Wildman–Crippen LogP) is 3.46. The van der Waals surface area contributed by atoms with Gasteiger partial charge in [-0.05, 0) is 57.3 Å². The second-order valence-corrected chi connectivity index (χ2v) is 5.92. The highest BCUT2D eigenvalue weighted by Gasteiger charge is 2.19. The van der Waals surface area contributed by atoms with Crippen LogP contribution in [0.25, 0.3) is 0 Å². The van der Waals surface area contributed by atoms with E-state index < -0.39 is 0 Å². The number of amides is 1. The molecule has 1 aliphatic heterocycles. The number of nitrogens with zero attached hydrogens (tertiary/aromatic N) is 1. The number of hydrogen-bond donors (Lipinski definition) is 1. The molecule has 3 nitrogen and oxygen atoms in total. The summed E-state index contributed by atoms with van der Waals surface area (Å²) in [6.07, 6.45) is 7.60. The van der Waals surface area contributed by atoms with Gasteiger partial charge >= 0.3 is 0 Å². The van der Waals surface area contributed by atoms with Crippen molar-refractivity contribution in [2.24, 2.45) is 0 Å². The SMILES string of the molecule is CCC1CCCCN1CCCCNC(=O)c1ccccc1. The summed E-state index contributed by atoms with van der Waals surface area (Å²) >= 11 is 0. The van der Waals surface area contributed by atoms with Crippen molar-refractivity contribution in [1.29, 1.82) is 0 Å². The lowest BCUT2D eigenvalue weighted by Gasteiger charge is -2.35. The smallest absolute Gasteiger partial charge is 0.251 e. The fraction of sp³-hybridized carbons (Fsp3) is 0.611. The van der Waals surface area contributed by atoms with Gasteiger partial charge in [0.25, 0.3) is 5.91 Å². The Balaban J connectivity index is 1.60. The molecule has 2 rings (SSSR count). The second-order valence-electron chi connectivity index (χ2n) is 5.92. The summed E-state index contributed by atoms with van der Waals surface area (Å²) in [5.74, 6) is 0.0417. The Bertz CT molecular complexity index is 418. The third kappa shape index (κ3) is 5.16. The zero-order valence-electron chi connectivity index (χ0n) is 13.2. The first-order valence-corrected chi connectivity index (χ1v) is 8.38. The van der Waals surface area contributed by atoms with E-state index in [4.69, 9.17) is 0 Å². The van der Waals surface area contributed by atoms with Gasteiger partial charge in [0.1, 0.15) is 0 Å². The molecule has 1 atom stereocenters. The third-order valence-electron chi connectivity index (χ3n) is 4.41. The molecule has 1 fully saturated rings. The van der Waals surface area contributed by atoms with Crippen LogP contribution >= 0.6 is 0 Å². The van der Waals surface area contributed by atoms with Gasteiger partial charge in [0.15, 0.2) is 0 Å². The number of rotatable bonds is 7. The minimum Gasteiger partial charge on any atom is -0.352 e. The monoisotopic (exact) mass is 288 g/mol. The maximum absolute atomic E-state index is 11.9. The van der Waals surface area contributed by atoms with E-state index in [1.165, 1.54) is 45.2 Å². The van der Waals surface area contributed by atoms with Gasteiger partial charge in [0.2, 0.25) is 0 Å². The average Bonchev–Trinajstić information content (AvgIpc) is 2.55. The molecule has 1 unspecified atom stereocenters. The molecule has 1 aromatic rings. The summed E-state index contributed by atoms with van der Waals surface area (Å²) in [4.78, 5) is 14.5. The first-order valence-electron chi connectivity index (χ1n) is 8.38. The van der Waals surface area contributed by atoms with Gasteiger partial charge in [-0.25, -0.2) is 0 Å². The van der Waals surface area contributed by atoms with Crippen LogP contribution in [0.15, 0.2) is 30.3 Å². The highest BCUT2D eigenvalue weighted by Crippen LogP contribution is 2.19. The van der Waals surface area contributed by atoms with Crippen LogP contribution in [0.2, 0.25) is 0 Å². The van der Waals surface area contributed by atoms with Crippen LogP contribution in [-0.2, 0) is 0 Å². The van der Waals surface area contributed by atoms with Gasteiger partial charge < -0.3 is 10.2 Å². The van der Waals surface area contributed by atoms with Gasteiger partial charge in [0, 0.05) is 18.2 Å². The van der Waals surface area contributed by atoms with Crippen molar-refractivity contribution in [3.8, 4) is 0 Å². The third-order valence-corrected chi connectivity index (χ3v) is 4.41. The van der Waals surface area contributed by atoms with E-state index in [1.54, 1.807) is 0 Å². The molecular weight excluding hydrogens is 260 g/mol. The predicted molar refractivity (Wildman–Crippen MR) is 87.5 cm³/mol. The summed E-state index contributed by atoms with van der Waals surface area (Å²) in [5, 5.41) is 3.00. The first-order chi connectivity index (χ1) is 10.3. The van der Waals surface area contributed by atoms with Crippen LogP contribution in [0.3, 0.4) is 0 Å². The number of likely N-dealkylation sites (tertiary alicyclic amines) is 1. The standard InChI is InChI=1S/C18H28N2O/c1-2-17-12-6-8-14-20(17)15-9-7-13-19-18(21)16-10-4-3-5-11-16/h3-5,10-11,17H,2,6-9,12-15H2,1H3,(H,19,21). The van der Waals surface area contributed by atoms with Crippen LogP contribution in [0.4, 0.5) is 0 Å². The van der Waals surface area contributed by atoms with Crippen molar-refractivity contribution < 1.29 is 4.79 Å². The fourth-order valence-corrected chi connectivity index (χ4v) is 3.15. The molecule has 116 valence electrons. The maximum Gasteiger partial charge on any atom is 0.251 e. The summed E-state index contributed by atoms with van der Waals surface area (Å²) in [5.41, 5.74) is 0.750. The number of hydrogen-bond acceptors (Lipinski definition) is 2. The van der Waals surface area contributed by atoms with Crippen LogP contribution in [-0.4, -0.2) is 36.5 Å². The Morgan fingerprint density at radius 2 is 2.05 bits per heavy atom. The number of nitrogens with one attached hydrogen (secondary N) is 1. The Labute approximate surface area is 128 Å². The fourth-order valence-electron chi connectivity index (χ4n) is 3.15. The zero-order valence-corrected chi connectivity index (χ0v) is 13.2. The lowest BCUT2D eigenvalue weighted by Crippen LogP contribution is -2.39. The van der Waals surface area contributed by atoms with Crippen molar-refractivity contribution in [2.75, 3.05) is 19.6 Å². The Morgan fingerprint density at radius 1 is 1.24 bits per heavy atom. The van der Waals surface area contributed by atoms with Gasteiger partial charge in [-0.3, -0.25) is 4.79 Å². The first kappa shape index (κ1) is 16.0. The summed E-state index contributed by atoms with van der Waals surface area (Å²) in [7, 11) is 0. The lowest BCUT2D eigenvalue weighted by molar-refractivity contribution is 0.0951. The Morgan fingerprint density at radius 3 is 2.81 bits per heavy atom. The molecule has 0 radical (unpaired) electrons. The number of benzene rings is 1. The van der Waals surface area contributed by atoms with Crippen molar-refractivity contribution in [3.05, 3.63) is 35.9 Å². The minimum atomic E-state index is 0.0417. The van der Waals surface area contributed by atoms with Crippen molar-refractivity contribution in [2.45, 2.75) is 51.5 Å². The molecule has 0 saturated carbocycles. The number of unbranched alkanes of at least 4 members (excludes halogenated alkanes) is 1. The summed E-state index contributed by atoms with van der Waals surface area (Å²) in [6.45, 7) is 5.51. The van der Waals surface area contributed by atoms with E-state index in [2.05, 4.69) is 17.1 Å². The molecule has 3 heteroatoms. The molecule has 1 aliphatic rings. The van der Waals surface area contributed by atoms with Gasteiger partial charge in [-0.15, -0.1) is 0 Å². The second kappa shape index (κ2) is 8.83. The van der Waals surface area contributed by atoms with Gasteiger partial charge in [0.05, 0.1) is 0 Å². The molecular formula is C18H28N2O. The number of piperidine rings is 1. The largest absolute Gasteiger partial charge is 0.352 e. The molecule has 1 saturated heterocycles. The molecule has 0 aliphatic carbocycles. The van der Waals surface area contributed by atoms with Crippen molar-refractivity contribution in [1.82, 2.24) is 10.2 Å². The van der Waals surface area contributed by atoms with E-state index in [0.717, 1.165) is 24.6 Å².